The Morgan fingerprint density at radius 2 is 1.67 bits per heavy atom. The number of anilines is 1. The van der Waals surface area contributed by atoms with E-state index < -0.39 is 23.1 Å². The minimum absolute atomic E-state index is 0. The largest absolute Gasteiger partial charge is 0.492 e. The zero-order valence-electron chi connectivity index (χ0n) is 15.0. The van der Waals surface area contributed by atoms with Gasteiger partial charge in [0.05, 0.1) is 11.0 Å². The van der Waals surface area contributed by atoms with Crippen LogP contribution in [0.5, 0.6) is 5.75 Å². The molecule has 0 radical (unpaired) electrons. The van der Waals surface area contributed by atoms with E-state index in [9.17, 15) is 18.0 Å². The second-order valence-electron chi connectivity index (χ2n) is 6.32. The molecule has 0 heterocycles. The van der Waals surface area contributed by atoms with Crippen molar-refractivity contribution in [1.29, 1.82) is 0 Å². The lowest BCUT2D eigenvalue weighted by atomic mass is 9.83. The fourth-order valence-corrected chi connectivity index (χ4v) is 2.31. The van der Waals surface area contributed by atoms with E-state index in [2.05, 4.69) is 5.32 Å². The van der Waals surface area contributed by atoms with Gasteiger partial charge < -0.3 is 15.8 Å². The van der Waals surface area contributed by atoms with Gasteiger partial charge in [0.25, 0.3) is 0 Å². The summed E-state index contributed by atoms with van der Waals surface area (Å²) in [6, 6.07) is 11.5. The van der Waals surface area contributed by atoms with E-state index in [4.69, 9.17) is 10.5 Å². The van der Waals surface area contributed by atoms with Crippen LogP contribution in [0.15, 0.2) is 48.5 Å². The first-order valence-corrected chi connectivity index (χ1v) is 8.06. The Labute approximate surface area is 162 Å². The van der Waals surface area contributed by atoms with Crippen LogP contribution in [-0.4, -0.2) is 19.1 Å². The lowest BCUT2D eigenvalue weighted by Gasteiger charge is -2.25. The number of nitrogens with one attached hydrogen (secondary N) is 1. The molecule has 2 aromatic rings. The molecule has 1 amide bonds. The molecule has 8 heteroatoms. The van der Waals surface area contributed by atoms with Crippen molar-refractivity contribution in [2.24, 2.45) is 5.73 Å². The van der Waals surface area contributed by atoms with E-state index >= 15 is 0 Å². The number of amides is 1. The molecule has 2 aromatic carbocycles. The van der Waals surface area contributed by atoms with Crippen molar-refractivity contribution < 1.29 is 22.7 Å². The van der Waals surface area contributed by atoms with Crippen molar-refractivity contribution in [1.82, 2.24) is 0 Å². The molecule has 0 atom stereocenters. The number of hydrogen-bond donors (Lipinski definition) is 2. The number of hydrogen-bond acceptors (Lipinski definition) is 3. The van der Waals surface area contributed by atoms with Gasteiger partial charge in [0.1, 0.15) is 12.4 Å². The number of ether oxygens (including phenoxy) is 1. The fourth-order valence-electron chi connectivity index (χ4n) is 2.31. The predicted molar refractivity (Wildman–Crippen MR) is 101 cm³/mol. The highest BCUT2D eigenvalue weighted by atomic mass is 35.5. The van der Waals surface area contributed by atoms with Crippen molar-refractivity contribution in [3.8, 4) is 5.75 Å². The van der Waals surface area contributed by atoms with Crippen LogP contribution in [0.25, 0.3) is 0 Å². The Kier molecular flexibility index (Phi) is 7.68. The van der Waals surface area contributed by atoms with Crippen molar-refractivity contribution in [2.45, 2.75) is 25.4 Å². The fraction of sp³-hybridized carbons (Fsp3) is 0.316. The number of carbonyl (C=O) groups is 1. The predicted octanol–water partition coefficient (Wildman–Crippen LogP) is 4.38. The Balaban J connectivity index is 0.00000364. The lowest BCUT2D eigenvalue weighted by molar-refractivity contribution is -0.137. The van der Waals surface area contributed by atoms with Gasteiger partial charge in [0.15, 0.2) is 0 Å². The Morgan fingerprint density at radius 3 is 2.22 bits per heavy atom. The second-order valence-corrected chi connectivity index (χ2v) is 6.32. The topological polar surface area (TPSA) is 64.3 Å². The summed E-state index contributed by atoms with van der Waals surface area (Å²) >= 11 is 0. The molecule has 0 bridgehead atoms. The highest BCUT2D eigenvalue weighted by Gasteiger charge is 2.34. The standard InChI is InChI=1S/C19H21F3N2O2.ClH/c1-18(2,13-4-3-5-14(12-13)19(20,21)22)17(25)24-15-6-8-16(9-7-15)26-11-10-23;/h3-9,12H,10-11,23H2,1-2H3,(H,24,25);1H. The lowest BCUT2D eigenvalue weighted by Crippen LogP contribution is -2.35. The van der Waals surface area contributed by atoms with Crippen LogP contribution in [0.1, 0.15) is 25.0 Å². The van der Waals surface area contributed by atoms with Crippen molar-refractivity contribution in [2.75, 3.05) is 18.5 Å². The SMILES string of the molecule is CC(C)(C(=O)Nc1ccc(OCCN)cc1)c1cccc(C(F)(F)F)c1.Cl. The molecule has 0 saturated heterocycles. The van der Waals surface area contributed by atoms with E-state index in [0.717, 1.165) is 12.1 Å². The van der Waals surface area contributed by atoms with Gasteiger partial charge in [-0.05, 0) is 49.7 Å². The molecule has 3 N–H and O–H groups in total. The van der Waals surface area contributed by atoms with Gasteiger partial charge in [-0.25, -0.2) is 0 Å². The molecule has 0 saturated carbocycles. The summed E-state index contributed by atoms with van der Waals surface area (Å²) in [7, 11) is 0. The Bertz CT molecular complexity index is 762. The molecule has 0 aliphatic heterocycles. The van der Waals surface area contributed by atoms with Crippen molar-refractivity contribution in [3.63, 3.8) is 0 Å². The first-order valence-electron chi connectivity index (χ1n) is 8.06. The molecule has 0 fully saturated rings. The van der Waals surface area contributed by atoms with E-state index in [1.807, 2.05) is 0 Å². The maximum absolute atomic E-state index is 12.9. The van der Waals surface area contributed by atoms with Gasteiger partial charge in [-0.1, -0.05) is 18.2 Å². The van der Waals surface area contributed by atoms with E-state index in [-0.39, 0.29) is 18.0 Å². The van der Waals surface area contributed by atoms with Gasteiger partial charge in [-0.2, -0.15) is 13.2 Å². The highest BCUT2D eigenvalue weighted by Crippen LogP contribution is 2.33. The smallest absolute Gasteiger partial charge is 0.416 e. The minimum atomic E-state index is -4.46. The van der Waals surface area contributed by atoms with Crippen LogP contribution in [-0.2, 0) is 16.4 Å². The van der Waals surface area contributed by atoms with Gasteiger partial charge >= 0.3 is 6.18 Å². The maximum atomic E-state index is 12.9. The first kappa shape index (κ1) is 22.8. The highest BCUT2D eigenvalue weighted by molar-refractivity contribution is 5.98. The molecular weight excluding hydrogens is 381 g/mol. The summed E-state index contributed by atoms with van der Waals surface area (Å²) in [5, 5.41) is 2.72. The molecule has 0 spiro atoms. The molecule has 2 rings (SSSR count). The molecule has 148 valence electrons. The number of alkyl halides is 3. The third-order valence-corrected chi connectivity index (χ3v) is 3.98. The molecule has 4 nitrogen and oxygen atoms in total. The molecular formula is C19H22ClF3N2O2. The summed E-state index contributed by atoms with van der Waals surface area (Å²) in [4.78, 5) is 12.6. The zero-order valence-corrected chi connectivity index (χ0v) is 15.8. The van der Waals surface area contributed by atoms with Crippen LogP contribution in [0.4, 0.5) is 18.9 Å². The van der Waals surface area contributed by atoms with Crippen molar-refractivity contribution >= 4 is 24.0 Å². The van der Waals surface area contributed by atoms with Crippen molar-refractivity contribution in [3.05, 3.63) is 59.7 Å². The summed E-state index contributed by atoms with van der Waals surface area (Å²) < 4.78 is 44.1. The average molecular weight is 403 g/mol. The summed E-state index contributed by atoms with van der Waals surface area (Å²) in [6.45, 7) is 3.94. The summed E-state index contributed by atoms with van der Waals surface area (Å²) in [6.07, 6.45) is -4.46. The number of benzene rings is 2. The van der Waals surface area contributed by atoms with E-state index in [0.29, 0.717) is 24.6 Å². The number of halogens is 4. The minimum Gasteiger partial charge on any atom is -0.492 e. The molecule has 27 heavy (non-hydrogen) atoms. The maximum Gasteiger partial charge on any atom is 0.416 e. The Morgan fingerprint density at radius 1 is 1.07 bits per heavy atom. The third kappa shape index (κ3) is 5.87. The monoisotopic (exact) mass is 402 g/mol. The quantitative estimate of drug-likeness (QED) is 0.753. The third-order valence-electron chi connectivity index (χ3n) is 3.98. The molecule has 0 unspecified atom stereocenters. The average Bonchev–Trinajstić information content (AvgIpc) is 2.60. The van der Waals surface area contributed by atoms with Crippen LogP contribution in [0, 0.1) is 0 Å². The number of nitrogens with two attached hydrogens (primary N) is 1. The number of rotatable bonds is 6. The van der Waals surface area contributed by atoms with Crippen LogP contribution < -0.4 is 15.8 Å². The van der Waals surface area contributed by atoms with Gasteiger partial charge in [-0.3, -0.25) is 4.79 Å². The van der Waals surface area contributed by atoms with E-state index in [1.165, 1.54) is 12.1 Å². The zero-order chi connectivity index (χ0) is 19.4. The normalized spacial score (nSPS) is 11.5. The number of carbonyl (C=O) groups excluding carboxylic acids is 1. The van der Waals surface area contributed by atoms with Gasteiger partial charge in [-0.15, -0.1) is 12.4 Å². The molecule has 0 aromatic heterocycles. The summed E-state index contributed by atoms with van der Waals surface area (Å²) in [5.74, 6) is 0.207. The Hall–Kier alpha value is -2.25. The van der Waals surface area contributed by atoms with E-state index in [1.54, 1.807) is 38.1 Å². The second kappa shape index (κ2) is 9.10. The van der Waals surface area contributed by atoms with Gasteiger partial charge in [0.2, 0.25) is 5.91 Å². The molecule has 0 aliphatic carbocycles. The van der Waals surface area contributed by atoms with Crippen LogP contribution >= 0.6 is 12.4 Å². The van der Waals surface area contributed by atoms with Crippen LogP contribution in [0.3, 0.4) is 0 Å². The summed E-state index contributed by atoms with van der Waals surface area (Å²) in [5.41, 5.74) is 4.25. The first-order chi connectivity index (χ1) is 12.1. The van der Waals surface area contributed by atoms with Crippen LogP contribution in [0.2, 0.25) is 0 Å². The molecule has 0 aliphatic rings. The van der Waals surface area contributed by atoms with Gasteiger partial charge in [0, 0.05) is 12.2 Å².